The molecule has 5 nitrogen and oxygen atoms in total. The van der Waals surface area contributed by atoms with Crippen LogP contribution in [0.2, 0.25) is 0 Å². The van der Waals surface area contributed by atoms with Crippen LogP contribution in [0, 0.1) is 17.8 Å². The van der Waals surface area contributed by atoms with Crippen molar-refractivity contribution in [1.82, 2.24) is 4.90 Å². The molecular formula is C17H21NO4. The molecule has 2 saturated carbocycles. The molecule has 0 heterocycles. The molecule has 22 heavy (non-hydrogen) atoms. The van der Waals surface area contributed by atoms with Gasteiger partial charge in [0.25, 0.3) is 0 Å². The van der Waals surface area contributed by atoms with E-state index in [0.717, 1.165) is 17.9 Å². The summed E-state index contributed by atoms with van der Waals surface area (Å²) in [5.41, 5.74) is 1.02. The smallest absolute Gasteiger partial charge is 0.341 e. The maximum absolute atomic E-state index is 12.3. The highest BCUT2D eigenvalue weighted by Gasteiger charge is 2.51. The lowest BCUT2D eigenvalue weighted by Gasteiger charge is -2.17. The van der Waals surface area contributed by atoms with Crippen LogP contribution in [0.15, 0.2) is 24.3 Å². The second kappa shape index (κ2) is 5.99. The third-order valence-corrected chi connectivity index (χ3v) is 4.47. The van der Waals surface area contributed by atoms with Crippen LogP contribution >= 0.6 is 0 Å². The number of hydrogen-bond donors (Lipinski definition) is 1. The number of carbonyl (C=O) groups excluding carboxylic acids is 1. The van der Waals surface area contributed by atoms with Crippen LogP contribution in [-0.4, -0.2) is 35.5 Å². The molecule has 1 amide bonds. The predicted octanol–water partition coefficient (Wildman–Crippen LogP) is 2.15. The monoisotopic (exact) mass is 303 g/mol. The number of carbonyl (C=O) groups is 2. The Bertz CT molecular complexity index is 565. The van der Waals surface area contributed by atoms with Crippen LogP contribution < -0.4 is 4.74 Å². The van der Waals surface area contributed by atoms with Crippen molar-refractivity contribution in [3.63, 3.8) is 0 Å². The standard InChI is InChI=1S/C17H21NO4/c1-18(17(21)15-8-14(15)12-4-5-12)9-11-2-6-13(7-3-11)22-10-16(19)20/h2-3,6-7,12,14-15H,4-5,8-10H2,1H3,(H,19,20). The second-order valence-electron chi connectivity index (χ2n) is 6.36. The van der Waals surface area contributed by atoms with E-state index < -0.39 is 5.97 Å². The zero-order valence-corrected chi connectivity index (χ0v) is 12.7. The zero-order chi connectivity index (χ0) is 15.7. The van der Waals surface area contributed by atoms with E-state index in [1.807, 2.05) is 19.2 Å². The molecule has 2 aliphatic rings. The molecule has 1 aromatic carbocycles. The fraction of sp³-hybridized carbons (Fsp3) is 0.529. The van der Waals surface area contributed by atoms with Gasteiger partial charge in [-0.1, -0.05) is 12.1 Å². The van der Waals surface area contributed by atoms with Gasteiger partial charge in [0.1, 0.15) is 5.75 Å². The topological polar surface area (TPSA) is 66.8 Å². The first kappa shape index (κ1) is 14.9. The third kappa shape index (κ3) is 3.59. The minimum Gasteiger partial charge on any atom is -0.482 e. The number of carboxylic acid groups (broad SMARTS) is 1. The number of carboxylic acids is 1. The summed E-state index contributed by atoms with van der Waals surface area (Å²) in [6, 6.07) is 7.21. The molecule has 0 bridgehead atoms. The van der Waals surface area contributed by atoms with E-state index >= 15 is 0 Å². The summed E-state index contributed by atoms with van der Waals surface area (Å²) in [4.78, 5) is 24.6. The summed E-state index contributed by atoms with van der Waals surface area (Å²) >= 11 is 0. The summed E-state index contributed by atoms with van der Waals surface area (Å²) in [6.07, 6.45) is 3.67. The molecule has 5 heteroatoms. The van der Waals surface area contributed by atoms with E-state index in [4.69, 9.17) is 9.84 Å². The second-order valence-corrected chi connectivity index (χ2v) is 6.36. The molecule has 2 fully saturated rings. The van der Waals surface area contributed by atoms with Crippen molar-refractivity contribution in [2.24, 2.45) is 17.8 Å². The number of amides is 1. The number of hydrogen-bond acceptors (Lipinski definition) is 3. The highest BCUT2D eigenvalue weighted by Crippen LogP contribution is 2.54. The van der Waals surface area contributed by atoms with Crippen molar-refractivity contribution in [1.29, 1.82) is 0 Å². The summed E-state index contributed by atoms with van der Waals surface area (Å²) in [7, 11) is 1.85. The number of rotatable bonds is 7. The molecule has 0 aliphatic heterocycles. The van der Waals surface area contributed by atoms with Crippen molar-refractivity contribution < 1.29 is 19.4 Å². The minimum absolute atomic E-state index is 0.246. The Kier molecular flexibility index (Phi) is 4.05. The third-order valence-electron chi connectivity index (χ3n) is 4.47. The highest BCUT2D eigenvalue weighted by molar-refractivity contribution is 5.81. The summed E-state index contributed by atoms with van der Waals surface area (Å²) in [5.74, 6) is 1.48. The Morgan fingerprint density at radius 2 is 1.95 bits per heavy atom. The van der Waals surface area contributed by atoms with Gasteiger partial charge in [-0.3, -0.25) is 4.79 Å². The van der Waals surface area contributed by atoms with E-state index in [9.17, 15) is 9.59 Å². The zero-order valence-electron chi connectivity index (χ0n) is 12.7. The maximum atomic E-state index is 12.3. The van der Waals surface area contributed by atoms with Crippen LogP contribution in [0.25, 0.3) is 0 Å². The minimum atomic E-state index is -0.996. The Balaban J connectivity index is 1.49. The van der Waals surface area contributed by atoms with Crippen molar-refractivity contribution in [3.8, 4) is 5.75 Å². The van der Waals surface area contributed by atoms with Gasteiger partial charge in [0.2, 0.25) is 5.91 Å². The first-order valence-corrected chi connectivity index (χ1v) is 7.73. The van der Waals surface area contributed by atoms with Gasteiger partial charge >= 0.3 is 5.97 Å². The lowest BCUT2D eigenvalue weighted by atomic mass is 10.1. The maximum Gasteiger partial charge on any atom is 0.341 e. The van der Waals surface area contributed by atoms with E-state index in [1.54, 1.807) is 17.0 Å². The number of ether oxygens (including phenoxy) is 1. The van der Waals surface area contributed by atoms with E-state index in [1.165, 1.54) is 12.8 Å². The van der Waals surface area contributed by atoms with Gasteiger partial charge in [-0.15, -0.1) is 0 Å². The van der Waals surface area contributed by atoms with Crippen molar-refractivity contribution in [2.45, 2.75) is 25.8 Å². The molecule has 118 valence electrons. The molecule has 0 spiro atoms. The average molecular weight is 303 g/mol. The Morgan fingerprint density at radius 1 is 1.27 bits per heavy atom. The SMILES string of the molecule is CN(Cc1ccc(OCC(=O)O)cc1)C(=O)C1CC1C1CC1. The first-order valence-electron chi connectivity index (χ1n) is 7.73. The van der Waals surface area contributed by atoms with E-state index in [2.05, 4.69) is 0 Å². The quantitative estimate of drug-likeness (QED) is 0.838. The predicted molar refractivity (Wildman–Crippen MR) is 80.4 cm³/mol. The van der Waals surface area contributed by atoms with Crippen LogP contribution in [-0.2, 0) is 16.1 Å². The molecule has 1 aromatic rings. The van der Waals surface area contributed by atoms with Gasteiger partial charge in [-0.2, -0.15) is 0 Å². The van der Waals surface area contributed by atoms with Gasteiger partial charge in [-0.25, -0.2) is 4.79 Å². The molecular weight excluding hydrogens is 282 g/mol. The fourth-order valence-corrected chi connectivity index (χ4v) is 3.01. The van der Waals surface area contributed by atoms with Crippen molar-refractivity contribution in [2.75, 3.05) is 13.7 Å². The van der Waals surface area contributed by atoms with Crippen LogP contribution in [0.1, 0.15) is 24.8 Å². The van der Waals surface area contributed by atoms with E-state index in [-0.39, 0.29) is 18.4 Å². The molecule has 0 aromatic heterocycles. The van der Waals surface area contributed by atoms with Gasteiger partial charge in [0, 0.05) is 19.5 Å². The number of aliphatic carboxylic acids is 1. The van der Waals surface area contributed by atoms with Gasteiger partial charge in [-0.05, 0) is 48.8 Å². The summed E-state index contributed by atoms with van der Waals surface area (Å²) in [5, 5.41) is 8.56. The molecule has 2 aliphatic carbocycles. The average Bonchev–Trinajstić information content (AvgIpc) is 3.37. The van der Waals surface area contributed by atoms with Gasteiger partial charge < -0.3 is 14.7 Å². The largest absolute Gasteiger partial charge is 0.482 e. The lowest BCUT2D eigenvalue weighted by Crippen LogP contribution is -2.28. The highest BCUT2D eigenvalue weighted by atomic mass is 16.5. The molecule has 0 radical (unpaired) electrons. The molecule has 2 unspecified atom stereocenters. The molecule has 2 atom stereocenters. The number of nitrogens with zero attached hydrogens (tertiary/aromatic N) is 1. The summed E-state index contributed by atoms with van der Waals surface area (Å²) in [6.45, 7) is 0.230. The van der Waals surface area contributed by atoms with Gasteiger partial charge in [0.05, 0.1) is 0 Å². The van der Waals surface area contributed by atoms with Crippen molar-refractivity contribution in [3.05, 3.63) is 29.8 Å². The molecule has 0 saturated heterocycles. The van der Waals surface area contributed by atoms with Gasteiger partial charge in [0.15, 0.2) is 6.61 Å². The lowest BCUT2D eigenvalue weighted by molar-refractivity contribution is -0.139. The van der Waals surface area contributed by atoms with Crippen LogP contribution in [0.3, 0.4) is 0 Å². The first-order chi connectivity index (χ1) is 10.5. The Labute approximate surface area is 129 Å². The summed E-state index contributed by atoms with van der Waals surface area (Å²) < 4.78 is 5.09. The van der Waals surface area contributed by atoms with Crippen molar-refractivity contribution >= 4 is 11.9 Å². The molecule has 1 N–H and O–H groups in total. The van der Waals surface area contributed by atoms with E-state index in [0.29, 0.717) is 18.2 Å². The Morgan fingerprint density at radius 3 is 2.55 bits per heavy atom. The fourth-order valence-electron chi connectivity index (χ4n) is 3.01. The van der Waals surface area contributed by atoms with Crippen LogP contribution in [0.5, 0.6) is 5.75 Å². The normalized spacial score (nSPS) is 23.0. The Hall–Kier alpha value is -2.04. The molecule has 3 rings (SSSR count). The number of benzene rings is 1. The van der Waals surface area contributed by atoms with Crippen LogP contribution in [0.4, 0.5) is 0 Å².